The second kappa shape index (κ2) is 11.2. The zero-order chi connectivity index (χ0) is 22.6. The van der Waals surface area contributed by atoms with Crippen molar-refractivity contribution in [3.63, 3.8) is 0 Å². The van der Waals surface area contributed by atoms with Crippen LogP contribution in [0.15, 0.2) is 36.4 Å². The third-order valence-electron chi connectivity index (χ3n) is 7.44. The van der Waals surface area contributed by atoms with Gasteiger partial charge in [-0.15, -0.1) is 0 Å². The molecule has 2 atom stereocenters. The Hall–Kier alpha value is -1.01. The average molecular weight is 497 g/mol. The van der Waals surface area contributed by atoms with E-state index in [1.807, 2.05) is 0 Å². The minimum Gasteiger partial charge on any atom is -0.376 e. The maximum Gasteiger partial charge on any atom is 0.107 e. The van der Waals surface area contributed by atoms with Crippen LogP contribution >= 0.6 is 33.8 Å². The van der Waals surface area contributed by atoms with E-state index in [9.17, 15) is 0 Å². The van der Waals surface area contributed by atoms with Crippen molar-refractivity contribution in [2.45, 2.75) is 69.6 Å². The molecule has 1 saturated heterocycles. The quantitative estimate of drug-likeness (QED) is 0.224. The molecule has 0 saturated carbocycles. The Kier molecular flexibility index (Phi) is 8.02. The molecule has 1 fully saturated rings. The van der Waals surface area contributed by atoms with Crippen molar-refractivity contribution in [1.82, 2.24) is 10.2 Å². The van der Waals surface area contributed by atoms with Crippen molar-refractivity contribution in [2.24, 2.45) is 0 Å². The fourth-order valence-corrected chi connectivity index (χ4v) is 9.15. The van der Waals surface area contributed by atoms with Crippen LogP contribution in [-0.4, -0.2) is 40.5 Å². The summed E-state index contributed by atoms with van der Waals surface area (Å²) in [5.74, 6) is 1.34. The normalized spacial score (nSPS) is 21.5. The summed E-state index contributed by atoms with van der Waals surface area (Å²) >= 11 is 5.94. The van der Waals surface area contributed by atoms with Gasteiger partial charge in [0, 0.05) is 35.7 Å². The summed E-state index contributed by atoms with van der Waals surface area (Å²) in [7, 11) is 4.15. The monoisotopic (exact) mass is 496 g/mol. The second-order valence-electron chi connectivity index (χ2n) is 9.66. The standard InChI is InChI=1S/C28H36N2S3/c1-2-16-30-17-13-20-8-6-11-23-26-21(19-25(30)27(20)23)9-7-12-24(26)28(31)29-15-5-3-4-10-22-14-18-32-33-22/h6-9,11-12,22,25H,2-5,10,13-19H2,1H3,(H,29,31). The smallest absolute Gasteiger partial charge is 0.107 e. The number of thiocarbonyl (C=S) groups is 1. The lowest BCUT2D eigenvalue weighted by Gasteiger charge is -2.42. The van der Waals surface area contributed by atoms with Gasteiger partial charge in [0.2, 0.25) is 0 Å². The Balaban J connectivity index is 1.28. The first kappa shape index (κ1) is 23.7. The fourth-order valence-electron chi connectivity index (χ4n) is 5.85. The molecule has 3 aliphatic rings. The molecule has 2 aliphatic heterocycles. The third-order valence-corrected chi connectivity index (χ3v) is 10.8. The number of rotatable bonds is 9. The molecule has 2 nitrogen and oxygen atoms in total. The summed E-state index contributed by atoms with van der Waals surface area (Å²) in [6, 6.07) is 14.2. The number of fused-ring (bicyclic) bond motifs is 2. The molecular formula is C28H36N2S3. The van der Waals surface area contributed by atoms with Crippen LogP contribution in [0.1, 0.15) is 73.7 Å². The first-order valence-electron chi connectivity index (χ1n) is 12.8. The van der Waals surface area contributed by atoms with Gasteiger partial charge in [-0.05, 0) is 72.9 Å². The van der Waals surface area contributed by atoms with Gasteiger partial charge in [-0.1, -0.05) is 90.0 Å². The Labute approximate surface area is 213 Å². The summed E-state index contributed by atoms with van der Waals surface area (Å²) < 4.78 is 0. The van der Waals surface area contributed by atoms with Gasteiger partial charge in [0.1, 0.15) is 4.99 Å². The fraction of sp³-hybridized carbons (Fsp3) is 0.536. The van der Waals surface area contributed by atoms with Crippen molar-refractivity contribution in [3.05, 3.63) is 58.7 Å². The van der Waals surface area contributed by atoms with Gasteiger partial charge in [0.25, 0.3) is 0 Å². The molecule has 1 N–H and O–H groups in total. The Bertz CT molecular complexity index is 983. The highest BCUT2D eigenvalue weighted by Gasteiger charge is 2.34. The molecule has 5 heteroatoms. The number of unbranched alkanes of at least 4 members (excludes halogenated alkanes) is 2. The molecule has 176 valence electrons. The Morgan fingerprint density at radius 1 is 1.12 bits per heavy atom. The predicted molar refractivity (Wildman–Crippen MR) is 151 cm³/mol. The van der Waals surface area contributed by atoms with E-state index >= 15 is 0 Å². The molecule has 2 heterocycles. The van der Waals surface area contributed by atoms with Gasteiger partial charge >= 0.3 is 0 Å². The van der Waals surface area contributed by atoms with E-state index in [-0.39, 0.29) is 0 Å². The molecule has 0 aromatic heterocycles. The molecule has 1 aliphatic carbocycles. The van der Waals surface area contributed by atoms with Crippen molar-refractivity contribution in [3.8, 4) is 11.1 Å². The van der Waals surface area contributed by atoms with Crippen LogP contribution in [0.2, 0.25) is 0 Å². The van der Waals surface area contributed by atoms with Crippen LogP contribution in [0, 0.1) is 0 Å². The second-order valence-corrected chi connectivity index (χ2v) is 12.9. The Morgan fingerprint density at radius 3 is 2.85 bits per heavy atom. The van der Waals surface area contributed by atoms with Gasteiger partial charge in [-0.25, -0.2) is 0 Å². The number of nitrogens with zero attached hydrogens (tertiary/aromatic N) is 1. The number of hydrogen-bond donors (Lipinski definition) is 1. The number of benzene rings is 2. The van der Waals surface area contributed by atoms with Gasteiger partial charge in [0.15, 0.2) is 0 Å². The van der Waals surface area contributed by atoms with E-state index in [1.165, 1.54) is 79.6 Å². The van der Waals surface area contributed by atoms with E-state index in [1.54, 1.807) is 11.1 Å². The molecule has 0 bridgehead atoms. The number of nitrogens with one attached hydrogen (secondary N) is 1. The first-order valence-corrected chi connectivity index (χ1v) is 15.6. The summed E-state index contributed by atoms with van der Waals surface area (Å²) in [5.41, 5.74) is 8.61. The lowest BCUT2D eigenvalue weighted by Crippen LogP contribution is -2.39. The van der Waals surface area contributed by atoms with E-state index in [0.29, 0.717) is 6.04 Å². The largest absolute Gasteiger partial charge is 0.376 e. The number of hydrogen-bond acceptors (Lipinski definition) is 4. The van der Waals surface area contributed by atoms with Crippen molar-refractivity contribution in [1.29, 1.82) is 0 Å². The van der Waals surface area contributed by atoms with Gasteiger partial charge in [-0.3, -0.25) is 4.90 Å². The molecule has 0 amide bonds. The van der Waals surface area contributed by atoms with Crippen LogP contribution in [0.3, 0.4) is 0 Å². The van der Waals surface area contributed by atoms with Crippen molar-refractivity contribution >= 4 is 38.8 Å². The molecule has 0 spiro atoms. The lowest BCUT2D eigenvalue weighted by molar-refractivity contribution is 0.183. The van der Waals surface area contributed by atoms with Gasteiger partial charge < -0.3 is 5.32 Å². The molecule has 5 rings (SSSR count). The molecule has 2 unspecified atom stereocenters. The van der Waals surface area contributed by atoms with Crippen LogP contribution in [-0.2, 0) is 12.8 Å². The zero-order valence-electron chi connectivity index (χ0n) is 19.8. The Morgan fingerprint density at radius 2 is 2.00 bits per heavy atom. The van der Waals surface area contributed by atoms with Crippen LogP contribution in [0.5, 0.6) is 0 Å². The third kappa shape index (κ3) is 5.17. The molecular weight excluding hydrogens is 461 g/mol. The van der Waals surface area contributed by atoms with Gasteiger partial charge in [0.05, 0.1) is 0 Å². The van der Waals surface area contributed by atoms with Crippen LogP contribution in [0.25, 0.3) is 11.1 Å². The predicted octanol–water partition coefficient (Wildman–Crippen LogP) is 7.20. The lowest BCUT2D eigenvalue weighted by atomic mass is 9.75. The molecule has 33 heavy (non-hydrogen) atoms. The van der Waals surface area contributed by atoms with Gasteiger partial charge in [-0.2, -0.15) is 0 Å². The maximum absolute atomic E-state index is 5.94. The minimum absolute atomic E-state index is 0.519. The van der Waals surface area contributed by atoms with Crippen LogP contribution < -0.4 is 5.32 Å². The summed E-state index contributed by atoms with van der Waals surface area (Å²) in [4.78, 5) is 3.63. The van der Waals surface area contributed by atoms with Crippen LogP contribution in [0.4, 0.5) is 0 Å². The average Bonchev–Trinajstić information content (AvgIpc) is 3.36. The molecule has 2 aromatic carbocycles. The summed E-state index contributed by atoms with van der Waals surface area (Å²) in [6.07, 6.45) is 10.1. The van der Waals surface area contributed by atoms with E-state index < -0.39 is 0 Å². The van der Waals surface area contributed by atoms with E-state index in [0.717, 1.165) is 29.6 Å². The zero-order valence-corrected chi connectivity index (χ0v) is 22.2. The van der Waals surface area contributed by atoms with Crippen molar-refractivity contribution < 1.29 is 0 Å². The topological polar surface area (TPSA) is 15.3 Å². The minimum atomic E-state index is 0.519. The summed E-state index contributed by atoms with van der Waals surface area (Å²) in [5, 5.41) is 4.50. The first-order chi connectivity index (χ1) is 16.3. The SMILES string of the molecule is CCCN1CCc2cccc3c2C1Cc1cccc(C(=S)NCCCCCC2CCSS2)c1-3. The molecule has 0 radical (unpaired) electrons. The van der Waals surface area contributed by atoms with Crippen molar-refractivity contribution in [2.75, 3.05) is 25.4 Å². The highest BCUT2D eigenvalue weighted by atomic mass is 33.1. The molecule has 2 aromatic rings. The summed E-state index contributed by atoms with van der Waals surface area (Å²) in [6.45, 7) is 5.65. The highest BCUT2D eigenvalue weighted by molar-refractivity contribution is 8.77. The maximum atomic E-state index is 5.94. The van der Waals surface area contributed by atoms with E-state index in [4.69, 9.17) is 12.2 Å². The van der Waals surface area contributed by atoms with E-state index in [2.05, 4.69) is 75.1 Å². The highest BCUT2D eigenvalue weighted by Crippen LogP contribution is 2.46.